The fraction of sp³-hybridized carbons (Fsp3) is 0.951. The molecule has 0 spiro atoms. The molecule has 4 heteroatoms. The second kappa shape index (κ2) is 31.5. The van der Waals surface area contributed by atoms with E-state index < -0.39 is 0 Å². The average Bonchev–Trinajstić information content (AvgIpc) is 3.01. The van der Waals surface area contributed by atoms with Crippen molar-refractivity contribution in [1.29, 1.82) is 0 Å². The van der Waals surface area contributed by atoms with Crippen LogP contribution in [0.15, 0.2) is 0 Å². The number of carbonyl (C=O) groups is 2. The summed E-state index contributed by atoms with van der Waals surface area (Å²) in [5.74, 6) is 1.54. The minimum atomic E-state index is -0.381. The molecule has 0 aromatic rings. The highest BCUT2D eigenvalue weighted by Gasteiger charge is 2.28. The Bertz CT molecular complexity index is 648. The van der Waals surface area contributed by atoms with Crippen LogP contribution < -0.4 is 0 Å². The normalized spacial score (nSPS) is 12.5. The Morgan fingerprint density at radius 1 is 0.511 bits per heavy atom. The summed E-state index contributed by atoms with van der Waals surface area (Å²) < 4.78 is 11.2. The molecular weight excluding hydrogens is 556 g/mol. The van der Waals surface area contributed by atoms with Crippen molar-refractivity contribution in [2.75, 3.05) is 13.2 Å². The second-order valence-corrected chi connectivity index (χ2v) is 15.0. The van der Waals surface area contributed by atoms with E-state index in [4.69, 9.17) is 9.47 Å². The molecule has 0 aliphatic rings. The fourth-order valence-electron chi connectivity index (χ4n) is 6.45. The molecule has 0 aromatic heterocycles. The third-order valence-electron chi connectivity index (χ3n) is 9.81. The predicted octanol–water partition coefficient (Wildman–Crippen LogP) is 13.3. The van der Waals surface area contributed by atoms with Crippen LogP contribution in [0, 0.1) is 17.3 Å². The fourth-order valence-corrected chi connectivity index (χ4v) is 6.45. The lowest BCUT2D eigenvalue weighted by atomic mass is 9.86. The highest BCUT2D eigenvalue weighted by Crippen LogP contribution is 2.27. The molecule has 0 rings (SSSR count). The summed E-state index contributed by atoms with van der Waals surface area (Å²) in [5, 5.41) is 0. The minimum Gasteiger partial charge on any atom is -0.466 e. The van der Waals surface area contributed by atoms with Gasteiger partial charge in [-0.05, 0) is 57.8 Å². The number of ether oxygens (including phenoxy) is 2. The first kappa shape index (κ1) is 43.9. The SMILES string of the molecule is CCCCCCCCCOC(=O)CCCCCCC(C)CCCCCC(C)(C)C(=O)OCCCC(CCCCC)CCCCC. The molecule has 0 fully saturated rings. The van der Waals surface area contributed by atoms with E-state index in [2.05, 4.69) is 41.5 Å². The largest absolute Gasteiger partial charge is 0.466 e. The average molecular weight is 637 g/mol. The molecule has 0 saturated carbocycles. The maximum atomic E-state index is 12.8. The molecular formula is C41H80O4. The zero-order chi connectivity index (χ0) is 33.4. The minimum absolute atomic E-state index is 0.00851. The summed E-state index contributed by atoms with van der Waals surface area (Å²) >= 11 is 0. The van der Waals surface area contributed by atoms with Gasteiger partial charge < -0.3 is 9.47 Å². The Balaban J connectivity index is 3.80. The van der Waals surface area contributed by atoms with E-state index in [1.807, 2.05) is 0 Å². The number of unbranched alkanes of at least 4 members (excludes halogenated alkanes) is 15. The summed E-state index contributed by atoms with van der Waals surface area (Å²) in [6.07, 6.45) is 33.7. The zero-order valence-electron chi connectivity index (χ0n) is 31.5. The van der Waals surface area contributed by atoms with Gasteiger partial charge in [0, 0.05) is 6.42 Å². The highest BCUT2D eigenvalue weighted by molar-refractivity contribution is 5.75. The molecule has 45 heavy (non-hydrogen) atoms. The van der Waals surface area contributed by atoms with Crippen LogP contribution in [-0.4, -0.2) is 25.2 Å². The lowest BCUT2D eigenvalue weighted by molar-refractivity contribution is -0.154. The van der Waals surface area contributed by atoms with E-state index in [1.165, 1.54) is 135 Å². The molecule has 0 aliphatic heterocycles. The van der Waals surface area contributed by atoms with Crippen molar-refractivity contribution in [1.82, 2.24) is 0 Å². The van der Waals surface area contributed by atoms with E-state index in [0.29, 0.717) is 19.6 Å². The van der Waals surface area contributed by atoms with Crippen LogP contribution >= 0.6 is 0 Å². The molecule has 268 valence electrons. The Kier molecular flexibility index (Phi) is 30.8. The van der Waals surface area contributed by atoms with Crippen LogP contribution in [0.3, 0.4) is 0 Å². The number of hydrogen-bond acceptors (Lipinski definition) is 4. The van der Waals surface area contributed by atoms with Crippen LogP contribution in [0.25, 0.3) is 0 Å². The molecule has 1 atom stereocenters. The summed E-state index contributed by atoms with van der Waals surface area (Å²) in [5.41, 5.74) is -0.381. The Labute approximate surface area is 282 Å². The van der Waals surface area contributed by atoms with Gasteiger partial charge in [0.1, 0.15) is 0 Å². The van der Waals surface area contributed by atoms with Gasteiger partial charge in [-0.1, -0.05) is 169 Å². The molecule has 0 aliphatic carbocycles. The lowest BCUT2D eigenvalue weighted by Gasteiger charge is -2.23. The van der Waals surface area contributed by atoms with Crippen molar-refractivity contribution >= 4 is 11.9 Å². The van der Waals surface area contributed by atoms with Crippen LogP contribution in [0.5, 0.6) is 0 Å². The third-order valence-corrected chi connectivity index (χ3v) is 9.81. The van der Waals surface area contributed by atoms with Crippen LogP contribution in [0.1, 0.15) is 221 Å². The molecule has 0 bridgehead atoms. The van der Waals surface area contributed by atoms with Gasteiger partial charge in [-0.25, -0.2) is 0 Å². The van der Waals surface area contributed by atoms with Crippen molar-refractivity contribution in [3.8, 4) is 0 Å². The number of hydrogen-bond donors (Lipinski definition) is 0. The summed E-state index contributed by atoms with van der Waals surface area (Å²) in [7, 11) is 0. The van der Waals surface area contributed by atoms with Crippen molar-refractivity contribution in [2.45, 2.75) is 221 Å². The first-order valence-corrected chi connectivity index (χ1v) is 20.1. The highest BCUT2D eigenvalue weighted by atomic mass is 16.5. The van der Waals surface area contributed by atoms with Gasteiger partial charge in [-0.3, -0.25) is 9.59 Å². The van der Waals surface area contributed by atoms with Crippen molar-refractivity contribution < 1.29 is 19.1 Å². The summed E-state index contributed by atoms with van der Waals surface area (Å²) in [4.78, 5) is 24.7. The molecule has 0 N–H and O–H groups in total. The predicted molar refractivity (Wildman–Crippen MR) is 195 cm³/mol. The van der Waals surface area contributed by atoms with Crippen LogP contribution in [0.4, 0.5) is 0 Å². The number of esters is 2. The lowest BCUT2D eigenvalue weighted by Crippen LogP contribution is -2.27. The standard InChI is InChI=1S/C41H80O4/c1-7-10-13-14-15-18-26-35-44-39(42)33-24-17-16-22-28-37(4)29-23-19-25-34-41(5,6)40(43)45-36-27-32-38(30-20-11-8-2)31-21-12-9-3/h37-38H,7-36H2,1-6H3. The van der Waals surface area contributed by atoms with Gasteiger partial charge in [0.05, 0.1) is 18.6 Å². The van der Waals surface area contributed by atoms with E-state index in [-0.39, 0.29) is 17.4 Å². The Morgan fingerprint density at radius 3 is 1.58 bits per heavy atom. The molecule has 0 amide bonds. The first-order chi connectivity index (χ1) is 21.8. The van der Waals surface area contributed by atoms with Crippen molar-refractivity contribution in [2.24, 2.45) is 17.3 Å². The first-order valence-electron chi connectivity index (χ1n) is 20.1. The van der Waals surface area contributed by atoms with Gasteiger partial charge in [0.2, 0.25) is 0 Å². The monoisotopic (exact) mass is 637 g/mol. The molecule has 0 radical (unpaired) electrons. The zero-order valence-corrected chi connectivity index (χ0v) is 31.5. The summed E-state index contributed by atoms with van der Waals surface area (Å²) in [6.45, 7) is 14.5. The van der Waals surface area contributed by atoms with Gasteiger partial charge in [0.25, 0.3) is 0 Å². The van der Waals surface area contributed by atoms with Gasteiger partial charge in [-0.2, -0.15) is 0 Å². The maximum Gasteiger partial charge on any atom is 0.311 e. The van der Waals surface area contributed by atoms with Crippen molar-refractivity contribution in [3.05, 3.63) is 0 Å². The van der Waals surface area contributed by atoms with Gasteiger partial charge >= 0.3 is 11.9 Å². The van der Waals surface area contributed by atoms with E-state index >= 15 is 0 Å². The van der Waals surface area contributed by atoms with E-state index in [0.717, 1.165) is 50.4 Å². The number of rotatable bonds is 34. The maximum absolute atomic E-state index is 12.8. The molecule has 0 saturated heterocycles. The second-order valence-electron chi connectivity index (χ2n) is 15.0. The van der Waals surface area contributed by atoms with Gasteiger partial charge in [-0.15, -0.1) is 0 Å². The van der Waals surface area contributed by atoms with Crippen molar-refractivity contribution in [3.63, 3.8) is 0 Å². The van der Waals surface area contributed by atoms with E-state index in [1.54, 1.807) is 0 Å². The van der Waals surface area contributed by atoms with Gasteiger partial charge in [0.15, 0.2) is 0 Å². The topological polar surface area (TPSA) is 52.6 Å². The Hall–Kier alpha value is -1.06. The Morgan fingerprint density at radius 2 is 0.956 bits per heavy atom. The quantitative estimate of drug-likeness (QED) is 0.0521. The molecule has 0 aromatic carbocycles. The molecule has 1 unspecified atom stereocenters. The smallest absolute Gasteiger partial charge is 0.311 e. The third kappa shape index (κ3) is 28.9. The molecule has 0 heterocycles. The van der Waals surface area contributed by atoms with Crippen LogP contribution in [0.2, 0.25) is 0 Å². The summed E-state index contributed by atoms with van der Waals surface area (Å²) in [6, 6.07) is 0. The van der Waals surface area contributed by atoms with Crippen LogP contribution in [-0.2, 0) is 19.1 Å². The number of carbonyl (C=O) groups excluding carboxylic acids is 2. The molecule has 4 nitrogen and oxygen atoms in total. The van der Waals surface area contributed by atoms with E-state index in [9.17, 15) is 9.59 Å².